The molecule has 1 aliphatic carbocycles. The van der Waals surface area contributed by atoms with Crippen LogP contribution in [0.25, 0.3) is 0 Å². The van der Waals surface area contributed by atoms with E-state index in [-0.39, 0.29) is 0 Å². The molecule has 2 atom stereocenters. The van der Waals surface area contributed by atoms with Crippen molar-refractivity contribution in [3.05, 3.63) is 0 Å². The van der Waals surface area contributed by atoms with E-state index in [1.807, 2.05) is 0 Å². The highest BCUT2D eigenvalue weighted by Gasteiger charge is 2.36. The first-order valence-corrected chi connectivity index (χ1v) is 7.68. The molecule has 0 aromatic rings. The van der Waals surface area contributed by atoms with Crippen LogP contribution in [0.1, 0.15) is 58.8 Å². The van der Waals surface area contributed by atoms with Crippen molar-refractivity contribution in [3.63, 3.8) is 0 Å². The van der Waals surface area contributed by atoms with Crippen molar-refractivity contribution in [1.29, 1.82) is 0 Å². The maximum atomic E-state index is 6.02. The van der Waals surface area contributed by atoms with Crippen LogP contribution in [0.15, 0.2) is 0 Å². The number of nitrogens with zero attached hydrogens (tertiary/aromatic N) is 1. The fourth-order valence-corrected chi connectivity index (χ4v) is 4.03. The number of hydrogen-bond donors (Lipinski definition) is 1. The van der Waals surface area contributed by atoms with E-state index in [4.69, 9.17) is 5.73 Å². The summed E-state index contributed by atoms with van der Waals surface area (Å²) in [6, 6.07) is 1.51. The van der Waals surface area contributed by atoms with Gasteiger partial charge in [-0.15, -0.1) is 0 Å². The lowest BCUT2D eigenvalue weighted by atomic mass is 9.93. The van der Waals surface area contributed by atoms with Gasteiger partial charge in [0.15, 0.2) is 0 Å². The zero-order valence-electron chi connectivity index (χ0n) is 11.7. The zero-order chi connectivity index (χ0) is 12.3. The van der Waals surface area contributed by atoms with E-state index < -0.39 is 0 Å². The van der Waals surface area contributed by atoms with Crippen LogP contribution in [-0.2, 0) is 0 Å². The summed E-state index contributed by atoms with van der Waals surface area (Å²) in [6.07, 6.45) is 9.98. The number of likely N-dealkylation sites (tertiary alicyclic amines) is 1. The third-order valence-corrected chi connectivity index (χ3v) is 4.77. The molecule has 2 heteroatoms. The van der Waals surface area contributed by atoms with E-state index in [1.165, 1.54) is 51.5 Å². The Morgan fingerprint density at radius 3 is 2.41 bits per heavy atom. The third kappa shape index (κ3) is 3.23. The molecule has 17 heavy (non-hydrogen) atoms. The fourth-order valence-electron chi connectivity index (χ4n) is 4.03. The van der Waals surface area contributed by atoms with Crippen molar-refractivity contribution in [1.82, 2.24) is 4.90 Å². The Bertz CT molecular complexity index is 221. The zero-order valence-corrected chi connectivity index (χ0v) is 11.7. The SMILES string of the molecule is CC(C)CC(CN)N1CCCC1C1CCCC1. The molecule has 0 amide bonds. The van der Waals surface area contributed by atoms with Crippen molar-refractivity contribution < 1.29 is 0 Å². The third-order valence-electron chi connectivity index (χ3n) is 4.77. The Labute approximate surface area is 107 Å². The minimum Gasteiger partial charge on any atom is -0.329 e. The quantitative estimate of drug-likeness (QED) is 0.798. The Morgan fingerprint density at radius 2 is 1.82 bits per heavy atom. The average molecular weight is 238 g/mol. The fraction of sp³-hybridized carbons (Fsp3) is 1.00. The molecule has 0 aromatic heterocycles. The number of rotatable bonds is 5. The van der Waals surface area contributed by atoms with Gasteiger partial charge in [-0.1, -0.05) is 26.7 Å². The highest BCUT2D eigenvalue weighted by Crippen LogP contribution is 2.36. The molecule has 2 unspecified atom stereocenters. The van der Waals surface area contributed by atoms with E-state index in [0.29, 0.717) is 6.04 Å². The summed E-state index contributed by atoms with van der Waals surface area (Å²) in [5, 5.41) is 0. The minimum atomic E-state index is 0.642. The molecular formula is C15H30N2. The Hall–Kier alpha value is -0.0800. The Kier molecular flexibility index (Phi) is 4.87. The summed E-state index contributed by atoms with van der Waals surface area (Å²) in [6.45, 7) is 6.80. The second-order valence-corrected chi connectivity index (χ2v) is 6.51. The first kappa shape index (κ1) is 13.4. The molecule has 2 aliphatic rings. The molecule has 2 N–H and O–H groups in total. The highest BCUT2D eigenvalue weighted by molar-refractivity contribution is 4.91. The van der Waals surface area contributed by atoms with E-state index in [9.17, 15) is 0 Å². The van der Waals surface area contributed by atoms with Crippen molar-refractivity contribution in [2.24, 2.45) is 17.6 Å². The van der Waals surface area contributed by atoms with Crippen LogP contribution in [0.2, 0.25) is 0 Å². The lowest BCUT2D eigenvalue weighted by molar-refractivity contribution is 0.123. The molecular weight excluding hydrogens is 208 g/mol. The molecule has 0 aromatic carbocycles. The normalized spacial score (nSPS) is 29.3. The van der Waals surface area contributed by atoms with Crippen LogP contribution < -0.4 is 5.73 Å². The monoisotopic (exact) mass is 238 g/mol. The predicted molar refractivity (Wildman–Crippen MR) is 74.0 cm³/mol. The van der Waals surface area contributed by atoms with Crippen molar-refractivity contribution >= 4 is 0 Å². The molecule has 2 nitrogen and oxygen atoms in total. The van der Waals surface area contributed by atoms with Gasteiger partial charge >= 0.3 is 0 Å². The lowest BCUT2D eigenvalue weighted by Crippen LogP contribution is -2.46. The summed E-state index contributed by atoms with van der Waals surface area (Å²) in [4.78, 5) is 2.77. The molecule has 1 saturated carbocycles. The van der Waals surface area contributed by atoms with Gasteiger partial charge in [0.05, 0.1) is 0 Å². The maximum Gasteiger partial charge on any atom is 0.0223 e. The van der Waals surface area contributed by atoms with Gasteiger partial charge in [-0.3, -0.25) is 4.90 Å². The van der Waals surface area contributed by atoms with E-state index in [2.05, 4.69) is 18.7 Å². The second-order valence-electron chi connectivity index (χ2n) is 6.51. The van der Waals surface area contributed by atoms with Gasteiger partial charge in [0.2, 0.25) is 0 Å². The van der Waals surface area contributed by atoms with Crippen LogP contribution in [0.3, 0.4) is 0 Å². The van der Waals surface area contributed by atoms with Crippen LogP contribution in [0.4, 0.5) is 0 Å². The first-order valence-electron chi connectivity index (χ1n) is 7.68. The molecule has 2 rings (SSSR count). The summed E-state index contributed by atoms with van der Waals surface area (Å²) in [7, 11) is 0. The van der Waals surface area contributed by atoms with E-state index in [0.717, 1.165) is 24.4 Å². The van der Waals surface area contributed by atoms with Crippen LogP contribution in [0, 0.1) is 11.8 Å². The molecule has 1 saturated heterocycles. The Balaban J connectivity index is 1.96. The van der Waals surface area contributed by atoms with Gasteiger partial charge in [0, 0.05) is 18.6 Å². The lowest BCUT2D eigenvalue weighted by Gasteiger charge is -2.36. The smallest absolute Gasteiger partial charge is 0.0223 e. The van der Waals surface area contributed by atoms with Crippen molar-refractivity contribution in [2.45, 2.75) is 70.9 Å². The molecule has 0 spiro atoms. The van der Waals surface area contributed by atoms with Crippen molar-refractivity contribution in [2.75, 3.05) is 13.1 Å². The number of nitrogens with two attached hydrogens (primary N) is 1. The second kappa shape index (κ2) is 6.19. The van der Waals surface area contributed by atoms with Crippen LogP contribution in [-0.4, -0.2) is 30.1 Å². The van der Waals surface area contributed by atoms with Crippen LogP contribution >= 0.6 is 0 Å². The van der Waals surface area contributed by atoms with Gasteiger partial charge < -0.3 is 5.73 Å². The molecule has 2 fully saturated rings. The summed E-state index contributed by atoms with van der Waals surface area (Å²) < 4.78 is 0. The summed E-state index contributed by atoms with van der Waals surface area (Å²) in [5.41, 5.74) is 6.02. The van der Waals surface area contributed by atoms with Gasteiger partial charge in [-0.05, 0) is 50.5 Å². The molecule has 100 valence electrons. The van der Waals surface area contributed by atoms with Gasteiger partial charge in [0.1, 0.15) is 0 Å². The molecule has 1 aliphatic heterocycles. The minimum absolute atomic E-state index is 0.642. The maximum absolute atomic E-state index is 6.02. The van der Waals surface area contributed by atoms with Crippen molar-refractivity contribution in [3.8, 4) is 0 Å². The number of hydrogen-bond acceptors (Lipinski definition) is 2. The first-order chi connectivity index (χ1) is 8.22. The molecule has 0 radical (unpaired) electrons. The molecule has 0 bridgehead atoms. The average Bonchev–Trinajstić information content (AvgIpc) is 2.94. The topological polar surface area (TPSA) is 29.3 Å². The van der Waals surface area contributed by atoms with Gasteiger partial charge in [0.25, 0.3) is 0 Å². The standard InChI is InChI=1S/C15H30N2/c1-12(2)10-14(11-16)17-9-5-8-15(17)13-6-3-4-7-13/h12-15H,3-11,16H2,1-2H3. The predicted octanol–water partition coefficient (Wildman–Crippen LogP) is 3.01. The highest BCUT2D eigenvalue weighted by atomic mass is 15.2. The Morgan fingerprint density at radius 1 is 1.12 bits per heavy atom. The van der Waals surface area contributed by atoms with Crippen LogP contribution in [0.5, 0.6) is 0 Å². The summed E-state index contributed by atoms with van der Waals surface area (Å²) in [5.74, 6) is 1.76. The van der Waals surface area contributed by atoms with E-state index >= 15 is 0 Å². The van der Waals surface area contributed by atoms with Gasteiger partial charge in [-0.2, -0.15) is 0 Å². The summed E-state index contributed by atoms with van der Waals surface area (Å²) >= 11 is 0. The molecule has 1 heterocycles. The van der Waals surface area contributed by atoms with E-state index in [1.54, 1.807) is 0 Å². The largest absolute Gasteiger partial charge is 0.329 e. The van der Waals surface area contributed by atoms with Gasteiger partial charge in [-0.25, -0.2) is 0 Å².